The third kappa shape index (κ3) is 8.71. The standard InChI is InChI=1S/C32H38F3N9OS.CH3NO/c1-19(43-10-7-38-27(17-43)29(37)45)15-44-23(14-36)11-25-20(2)21(3-4-28(25)44)16-42-8-5-22(6-9-42)41-30-26-12-24(13-32(33,34)35)46-31(26)40-18-39-30;1-2-3/h3-4,11-12,18-19,22,27,38H,5-10,13,15-17H2,1-2H3,(H2,37,45)(H,39,40,41);1H3. The average Bonchev–Trinajstić information content (AvgIpc) is 3.64. The van der Waals surface area contributed by atoms with Crippen molar-refractivity contribution in [2.24, 2.45) is 10.9 Å². The number of piperazine rings is 1. The number of nitroso groups, excluding NO2 is 1. The van der Waals surface area contributed by atoms with Gasteiger partial charge in [-0.05, 0) is 56.0 Å². The van der Waals surface area contributed by atoms with Crippen LogP contribution in [-0.2, 0) is 24.3 Å². The molecule has 0 aliphatic carbocycles. The number of nitrogens with two attached hydrogens (primary N) is 1. The number of hydrogen-bond donors (Lipinski definition) is 3. The van der Waals surface area contributed by atoms with Crippen molar-refractivity contribution in [1.82, 2.24) is 29.7 Å². The molecule has 0 saturated carbocycles. The van der Waals surface area contributed by atoms with Crippen LogP contribution < -0.4 is 16.4 Å². The Balaban J connectivity index is 0.00000151. The number of hydrogen-bond acceptors (Lipinski definition) is 11. The zero-order valence-corrected chi connectivity index (χ0v) is 28.6. The van der Waals surface area contributed by atoms with Crippen LogP contribution in [0.25, 0.3) is 21.1 Å². The Labute approximate surface area is 286 Å². The number of nitrogens with zero attached hydrogens (tertiary/aromatic N) is 7. The van der Waals surface area contributed by atoms with Gasteiger partial charge in [-0.1, -0.05) is 11.2 Å². The second-order valence-electron chi connectivity index (χ2n) is 12.6. The van der Waals surface area contributed by atoms with Gasteiger partial charge in [-0.25, -0.2) is 9.97 Å². The summed E-state index contributed by atoms with van der Waals surface area (Å²) in [5.74, 6) is 0.239. The third-order valence-corrected chi connectivity index (χ3v) is 10.3. The quantitative estimate of drug-likeness (QED) is 0.214. The topological polar surface area (TPSA) is 158 Å². The number of carbonyl (C=O) groups is 1. The van der Waals surface area contributed by atoms with Gasteiger partial charge >= 0.3 is 6.18 Å². The lowest BCUT2D eigenvalue weighted by molar-refractivity contribution is -0.126. The van der Waals surface area contributed by atoms with Crippen LogP contribution >= 0.6 is 11.3 Å². The number of amides is 1. The van der Waals surface area contributed by atoms with E-state index in [-0.39, 0.29) is 28.9 Å². The first kappa shape index (κ1) is 36.1. The number of aromatic nitrogens is 3. The largest absolute Gasteiger partial charge is 0.393 e. The summed E-state index contributed by atoms with van der Waals surface area (Å²) in [6, 6.07) is 10.1. The fraction of sp³-hybridized carbons (Fsp3) is 0.515. The van der Waals surface area contributed by atoms with Crippen molar-refractivity contribution in [3.05, 3.63) is 57.2 Å². The summed E-state index contributed by atoms with van der Waals surface area (Å²) in [6.07, 6.45) is -2.07. The van der Waals surface area contributed by atoms with E-state index in [1.54, 1.807) is 6.07 Å². The number of alkyl halides is 3. The second kappa shape index (κ2) is 15.6. The zero-order valence-electron chi connectivity index (χ0n) is 27.8. The number of aryl methyl sites for hydroxylation is 1. The highest BCUT2D eigenvalue weighted by atomic mass is 32.1. The Bertz CT molecular complexity index is 1830. The molecule has 1 aromatic carbocycles. The smallest absolute Gasteiger partial charge is 0.368 e. The molecule has 0 bridgehead atoms. The molecule has 5 heterocycles. The number of thiophene rings is 1. The van der Waals surface area contributed by atoms with Crippen molar-refractivity contribution in [3.8, 4) is 6.07 Å². The van der Waals surface area contributed by atoms with Crippen molar-refractivity contribution in [1.29, 1.82) is 5.26 Å². The highest BCUT2D eigenvalue weighted by Crippen LogP contribution is 2.33. The molecule has 0 spiro atoms. The van der Waals surface area contributed by atoms with E-state index in [4.69, 9.17) is 10.6 Å². The highest BCUT2D eigenvalue weighted by Gasteiger charge is 2.30. The molecule has 6 rings (SSSR count). The number of primary amides is 1. The lowest BCUT2D eigenvalue weighted by Crippen LogP contribution is -2.58. The summed E-state index contributed by atoms with van der Waals surface area (Å²) >= 11 is 1.06. The normalized spacial score (nSPS) is 18.5. The number of benzene rings is 1. The molecule has 0 radical (unpaired) electrons. The molecular formula is C33H41F3N10O2S. The molecule has 2 fully saturated rings. The van der Waals surface area contributed by atoms with E-state index in [1.165, 1.54) is 18.9 Å². The van der Waals surface area contributed by atoms with Gasteiger partial charge in [0.1, 0.15) is 28.7 Å². The van der Waals surface area contributed by atoms with Gasteiger partial charge < -0.3 is 20.9 Å². The van der Waals surface area contributed by atoms with Crippen molar-refractivity contribution in [2.45, 2.75) is 70.5 Å². The van der Waals surface area contributed by atoms with Crippen molar-refractivity contribution in [3.63, 3.8) is 0 Å². The van der Waals surface area contributed by atoms with Crippen molar-refractivity contribution in [2.75, 3.05) is 45.1 Å². The van der Waals surface area contributed by atoms with E-state index in [9.17, 15) is 23.2 Å². The van der Waals surface area contributed by atoms with Crippen molar-refractivity contribution >= 4 is 44.2 Å². The number of fused-ring (bicyclic) bond motifs is 2. The van der Waals surface area contributed by atoms with Crippen LogP contribution in [-0.4, -0.2) is 94.3 Å². The van der Waals surface area contributed by atoms with E-state index >= 15 is 0 Å². The predicted octanol–water partition coefficient (Wildman–Crippen LogP) is 4.54. The SMILES string of the molecule is CN=O.Cc1c(CN2CCC(Nc3ncnc4sc(CC(F)(F)F)cc34)CC2)ccc2c1cc(C#N)n2CC(C)N1CCNC(C(N)=O)C1. The molecule has 262 valence electrons. The minimum absolute atomic E-state index is 0.113. The maximum atomic E-state index is 12.9. The maximum absolute atomic E-state index is 12.9. The Morgan fingerprint density at radius 1 is 1.22 bits per heavy atom. The maximum Gasteiger partial charge on any atom is 0.393 e. The summed E-state index contributed by atoms with van der Waals surface area (Å²) in [7, 11) is 1.19. The minimum Gasteiger partial charge on any atom is -0.368 e. The molecule has 2 unspecified atom stereocenters. The summed E-state index contributed by atoms with van der Waals surface area (Å²) < 4.78 is 40.9. The first-order valence-electron chi connectivity index (χ1n) is 16.2. The Morgan fingerprint density at radius 3 is 2.63 bits per heavy atom. The van der Waals surface area contributed by atoms with E-state index in [0.29, 0.717) is 41.4 Å². The van der Waals surface area contributed by atoms with Crippen molar-refractivity contribution < 1.29 is 18.0 Å². The zero-order chi connectivity index (χ0) is 35.3. The van der Waals surface area contributed by atoms with Gasteiger partial charge in [0.2, 0.25) is 5.91 Å². The van der Waals surface area contributed by atoms with E-state index in [1.807, 2.05) is 6.07 Å². The van der Waals surface area contributed by atoms with Gasteiger partial charge in [0.25, 0.3) is 0 Å². The molecule has 1 amide bonds. The molecule has 49 heavy (non-hydrogen) atoms. The van der Waals surface area contributed by atoms with E-state index in [2.05, 4.69) is 72.2 Å². The van der Waals surface area contributed by atoms with Crippen LogP contribution in [0.4, 0.5) is 19.0 Å². The van der Waals surface area contributed by atoms with E-state index < -0.39 is 12.6 Å². The average molecular weight is 699 g/mol. The summed E-state index contributed by atoms with van der Waals surface area (Å²) in [4.78, 5) is 34.3. The molecule has 3 aromatic heterocycles. The summed E-state index contributed by atoms with van der Waals surface area (Å²) in [6.45, 7) is 9.43. The molecule has 16 heteroatoms. The van der Waals surface area contributed by atoms with Gasteiger partial charge in [0.05, 0.1) is 24.9 Å². The van der Waals surface area contributed by atoms with Crippen LogP contribution in [0.15, 0.2) is 35.8 Å². The monoisotopic (exact) mass is 698 g/mol. The predicted molar refractivity (Wildman–Crippen MR) is 184 cm³/mol. The fourth-order valence-corrected chi connectivity index (χ4v) is 7.73. The molecule has 2 atom stereocenters. The first-order chi connectivity index (χ1) is 23.4. The van der Waals surface area contributed by atoms with Crippen LogP contribution in [0.1, 0.15) is 41.5 Å². The second-order valence-corrected chi connectivity index (χ2v) is 13.7. The molecule has 2 saturated heterocycles. The Morgan fingerprint density at radius 2 is 1.96 bits per heavy atom. The van der Waals surface area contributed by atoms with Crippen LogP contribution in [0.2, 0.25) is 0 Å². The summed E-state index contributed by atoms with van der Waals surface area (Å²) in [5.41, 5.74) is 9.56. The van der Waals surface area contributed by atoms with Gasteiger partial charge in [-0.15, -0.1) is 11.3 Å². The molecule has 4 aromatic rings. The van der Waals surface area contributed by atoms with Gasteiger partial charge in [0.15, 0.2) is 0 Å². The van der Waals surface area contributed by atoms with E-state index in [0.717, 1.165) is 66.8 Å². The Hall–Kier alpha value is -4.17. The lowest BCUT2D eigenvalue weighted by Gasteiger charge is -2.36. The number of piperidine rings is 1. The molecule has 4 N–H and O–H groups in total. The first-order valence-corrected chi connectivity index (χ1v) is 17.0. The molecule has 2 aliphatic rings. The number of halogens is 3. The van der Waals surface area contributed by atoms with Crippen LogP contribution in [0, 0.1) is 23.2 Å². The van der Waals surface area contributed by atoms with Gasteiger partial charge in [0, 0.05) is 73.7 Å². The van der Waals surface area contributed by atoms with Gasteiger partial charge in [-0.2, -0.15) is 23.3 Å². The number of anilines is 1. The fourth-order valence-electron chi connectivity index (χ4n) is 6.70. The molecular weight excluding hydrogens is 657 g/mol. The third-order valence-electron chi connectivity index (χ3n) is 9.28. The van der Waals surface area contributed by atoms with Crippen LogP contribution in [0.3, 0.4) is 0 Å². The number of nitriles is 1. The Kier molecular flexibility index (Phi) is 11.5. The molecule has 2 aliphatic heterocycles. The minimum atomic E-state index is -4.26. The number of likely N-dealkylation sites (tertiary alicyclic amines) is 1. The lowest BCUT2D eigenvalue weighted by atomic mass is 10.0. The number of carbonyl (C=O) groups excluding carboxylic acids is 1. The number of rotatable bonds is 9. The number of nitrogens with one attached hydrogen (secondary N) is 2. The van der Waals surface area contributed by atoms with Gasteiger partial charge in [-0.3, -0.25) is 14.6 Å². The van der Waals surface area contributed by atoms with Crippen LogP contribution in [0.5, 0.6) is 0 Å². The summed E-state index contributed by atoms with van der Waals surface area (Å²) in [5, 5.41) is 20.6. The molecule has 12 nitrogen and oxygen atoms in total. The highest BCUT2D eigenvalue weighted by molar-refractivity contribution is 7.18.